The van der Waals surface area contributed by atoms with Gasteiger partial charge in [-0.3, -0.25) is 9.36 Å². The quantitative estimate of drug-likeness (QED) is 0.382. The van der Waals surface area contributed by atoms with E-state index in [1.807, 2.05) is 0 Å². The summed E-state index contributed by atoms with van der Waals surface area (Å²) in [5.74, 6) is -0.522. The Morgan fingerprint density at radius 2 is 2.03 bits per heavy atom. The number of rotatable bonds is 8. The third-order valence-corrected chi connectivity index (χ3v) is 5.56. The lowest BCUT2D eigenvalue weighted by atomic mass is 10.2. The Balaban J connectivity index is 1.63. The normalized spacial score (nSPS) is 12.5. The van der Waals surface area contributed by atoms with Crippen LogP contribution in [-0.4, -0.2) is 45.5 Å². The molecule has 29 heavy (non-hydrogen) atoms. The van der Waals surface area contributed by atoms with Gasteiger partial charge in [0, 0.05) is 16.9 Å². The van der Waals surface area contributed by atoms with Gasteiger partial charge in [0.2, 0.25) is 5.91 Å². The molecule has 1 aliphatic carbocycles. The average molecular weight is 417 g/mol. The fourth-order valence-corrected chi connectivity index (χ4v) is 4.15. The van der Waals surface area contributed by atoms with Crippen molar-refractivity contribution in [1.82, 2.24) is 9.55 Å². The zero-order chi connectivity index (χ0) is 20.8. The van der Waals surface area contributed by atoms with Crippen molar-refractivity contribution in [2.24, 2.45) is 0 Å². The minimum atomic E-state index is -0.406. The summed E-state index contributed by atoms with van der Waals surface area (Å²) < 4.78 is 6.45. The minimum Gasteiger partial charge on any atom is -0.462 e. The lowest BCUT2D eigenvalue weighted by Crippen LogP contribution is -2.28. The average Bonchev–Trinajstić information content (AvgIpc) is 3.19. The summed E-state index contributed by atoms with van der Waals surface area (Å²) >= 11 is 1.24. The van der Waals surface area contributed by atoms with Gasteiger partial charge in [-0.1, -0.05) is 11.8 Å². The van der Waals surface area contributed by atoms with Crippen molar-refractivity contribution in [1.29, 1.82) is 0 Å². The number of aliphatic hydroxyl groups is 1. The molecule has 0 atom stereocenters. The van der Waals surface area contributed by atoms with Gasteiger partial charge in [-0.2, -0.15) is 4.98 Å². The number of carbonyl (C=O) groups is 2. The fourth-order valence-electron chi connectivity index (χ4n) is 3.27. The highest BCUT2D eigenvalue weighted by Crippen LogP contribution is 2.29. The highest BCUT2D eigenvalue weighted by Gasteiger charge is 2.22. The number of carbonyl (C=O) groups excluding carboxylic acids is 2. The summed E-state index contributed by atoms with van der Waals surface area (Å²) in [4.78, 5) is 40.3. The Hall–Kier alpha value is -2.65. The molecule has 0 radical (unpaired) electrons. The molecule has 1 aromatic carbocycles. The Bertz CT molecular complexity index is 956. The van der Waals surface area contributed by atoms with Crippen molar-refractivity contribution in [3.63, 3.8) is 0 Å². The molecule has 0 aliphatic heterocycles. The number of anilines is 1. The summed E-state index contributed by atoms with van der Waals surface area (Å²) in [6.07, 6.45) is 2.52. The van der Waals surface area contributed by atoms with Crippen LogP contribution < -0.4 is 11.0 Å². The lowest BCUT2D eigenvalue weighted by Gasteiger charge is -2.13. The molecule has 8 nitrogen and oxygen atoms in total. The van der Waals surface area contributed by atoms with Gasteiger partial charge in [-0.15, -0.1) is 0 Å². The molecule has 0 bridgehead atoms. The SMILES string of the molecule is CCOC(=O)c1ccc(NC(=O)CSc2nc(=O)n(CCO)c3c2CCC3)cc1. The number of nitrogens with zero attached hydrogens (tertiary/aromatic N) is 2. The fraction of sp³-hybridized carbons (Fsp3) is 0.400. The predicted octanol–water partition coefficient (Wildman–Crippen LogP) is 1.63. The molecule has 0 fully saturated rings. The van der Waals surface area contributed by atoms with Gasteiger partial charge < -0.3 is 15.2 Å². The number of aromatic nitrogens is 2. The first-order valence-corrected chi connectivity index (χ1v) is 10.4. The second kappa shape index (κ2) is 9.71. The summed E-state index contributed by atoms with van der Waals surface area (Å²) in [7, 11) is 0. The Labute approximate surface area is 172 Å². The van der Waals surface area contributed by atoms with Crippen LogP contribution in [0.4, 0.5) is 5.69 Å². The van der Waals surface area contributed by atoms with Gasteiger partial charge in [0.1, 0.15) is 5.03 Å². The number of fused-ring (bicyclic) bond motifs is 1. The molecule has 1 aliphatic rings. The number of thioether (sulfide) groups is 1. The van der Waals surface area contributed by atoms with E-state index in [4.69, 9.17) is 9.84 Å². The number of hydrogen-bond acceptors (Lipinski definition) is 7. The number of esters is 1. The van der Waals surface area contributed by atoms with Gasteiger partial charge in [0.15, 0.2) is 0 Å². The lowest BCUT2D eigenvalue weighted by molar-refractivity contribution is -0.113. The zero-order valence-corrected chi connectivity index (χ0v) is 17.0. The summed E-state index contributed by atoms with van der Waals surface area (Å²) in [6.45, 7) is 2.17. The number of nitrogens with one attached hydrogen (secondary N) is 1. The molecule has 3 rings (SSSR count). The molecule has 1 aromatic heterocycles. The van der Waals surface area contributed by atoms with Crippen molar-refractivity contribution in [2.45, 2.75) is 37.8 Å². The standard InChI is InChI=1S/C20H23N3O5S/c1-2-28-19(26)13-6-8-14(9-7-13)21-17(25)12-29-18-15-4-3-5-16(15)23(10-11-24)20(27)22-18/h6-9,24H,2-5,10-12H2,1H3,(H,21,25). The van der Waals surface area contributed by atoms with Gasteiger partial charge in [0.05, 0.1) is 31.1 Å². The molecule has 2 N–H and O–H groups in total. The van der Waals surface area contributed by atoms with Gasteiger partial charge in [-0.25, -0.2) is 9.59 Å². The van der Waals surface area contributed by atoms with Crippen LogP contribution in [0.1, 0.15) is 35.0 Å². The molecule has 9 heteroatoms. The molecule has 0 unspecified atom stereocenters. The van der Waals surface area contributed by atoms with Crippen LogP contribution in [0.5, 0.6) is 0 Å². The van der Waals surface area contributed by atoms with Crippen LogP contribution in [0, 0.1) is 0 Å². The summed E-state index contributed by atoms with van der Waals surface area (Å²) in [6, 6.07) is 6.47. The number of amides is 1. The second-order valence-corrected chi connectivity index (χ2v) is 7.45. The van der Waals surface area contributed by atoms with E-state index in [-0.39, 0.29) is 24.8 Å². The van der Waals surface area contributed by atoms with E-state index in [9.17, 15) is 14.4 Å². The van der Waals surface area contributed by atoms with Crippen molar-refractivity contribution >= 4 is 29.3 Å². The maximum Gasteiger partial charge on any atom is 0.348 e. The van der Waals surface area contributed by atoms with E-state index < -0.39 is 11.7 Å². The topological polar surface area (TPSA) is 111 Å². The largest absolute Gasteiger partial charge is 0.462 e. The van der Waals surface area contributed by atoms with Crippen molar-refractivity contribution in [2.75, 3.05) is 24.3 Å². The van der Waals surface area contributed by atoms with E-state index in [0.29, 0.717) is 22.9 Å². The Kier molecular flexibility index (Phi) is 7.05. The molecule has 1 amide bonds. The number of benzene rings is 1. The predicted molar refractivity (Wildman–Crippen MR) is 109 cm³/mol. The van der Waals surface area contributed by atoms with Crippen molar-refractivity contribution < 1.29 is 19.4 Å². The van der Waals surface area contributed by atoms with Crippen molar-refractivity contribution in [3.8, 4) is 0 Å². The van der Waals surface area contributed by atoms with Gasteiger partial charge in [-0.05, 0) is 50.5 Å². The monoisotopic (exact) mass is 417 g/mol. The molecule has 0 spiro atoms. The summed E-state index contributed by atoms with van der Waals surface area (Å²) in [5.41, 5.74) is 2.51. The van der Waals surface area contributed by atoms with E-state index in [1.165, 1.54) is 16.3 Å². The number of hydrogen-bond donors (Lipinski definition) is 2. The maximum absolute atomic E-state index is 12.3. The zero-order valence-electron chi connectivity index (χ0n) is 16.1. The molecule has 0 saturated carbocycles. The van der Waals surface area contributed by atoms with Crippen LogP contribution >= 0.6 is 11.8 Å². The highest BCUT2D eigenvalue weighted by molar-refractivity contribution is 8.00. The molecular weight excluding hydrogens is 394 g/mol. The van der Waals surface area contributed by atoms with E-state index in [2.05, 4.69) is 10.3 Å². The summed E-state index contributed by atoms with van der Waals surface area (Å²) in [5, 5.41) is 12.5. The Morgan fingerprint density at radius 1 is 1.28 bits per heavy atom. The first kappa shape index (κ1) is 21.1. The van der Waals surface area contributed by atoms with E-state index >= 15 is 0 Å². The maximum atomic E-state index is 12.3. The smallest absolute Gasteiger partial charge is 0.348 e. The van der Waals surface area contributed by atoms with Gasteiger partial charge >= 0.3 is 11.7 Å². The van der Waals surface area contributed by atoms with Crippen LogP contribution in [0.3, 0.4) is 0 Å². The third kappa shape index (κ3) is 5.04. The van der Waals surface area contributed by atoms with Crippen LogP contribution in [0.25, 0.3) is 0 Å². The third-order valence-electron chi connectivity index (χ3n) is 4.54. The first-order valence-electron chi connectivity index (χ1n) is 9.46. The van der Waals surface area contributed by atoms with Gasteiger partial charge in [0.25, 0.3) is 0 Å². The number of ether oxygens (including phenoxy) is 1. The Morgan fingerprint density at radius 3 is 2.72 bits per heavy atom. The molecule has 154 valence electrons. The highest BCUT2D eigenvalue weighted by atomic mass is 32.2. The molecule has 1 heterocycles. The molecule has 2 aromatic rings. The van der Waals surface area contributed by atoms with Crippen LogP contribution in [0.2, 0.25) is 0 Å². The van der Waals surface area contributed by atoms with Crippen molar-refractivity contribution in [3.05, 3.63) is 51.6 Å². The van der Waals surface area contributed by atoms with Crippen LogP contribution in [0.15, 0.2) is 34.1 Å². The van der Waals surface area contributed by atoms with E-state index in [1.54, 1.807) is 31.2 Å². The molecule has 0 saturated heterocycles. The minimum absolute atomic E-state index is 0.113. The first-order chi connectivity index (χ1) is 14.0. The molecular formula is C20H23N3O5S. The van der Waals surface area contributed by atoms with Crippen LogP contribution in [-0.2, 0) is 28.9 Å². The second-order valence-electron chi connectivity index (χ2n) is 6.49. The van der Waals surface area contributed by atoms with E-state index in [0.717, 1.165) is 30.5 Å². The number of aliphatic hydroxyl groups excluding tert-OH is 1.